The number of aromatic nitrogens is 3. The Hall–Kier alpha value is -2.78. The van der Waals surface area contributed by atoms with Crippen LogP contribution in [-0.4, -0.2) is 37.2 Å². The predicted molar refractivity (Wildman–Crippen MR) is 89.4 cm³/mol. The van der Waals surface area contributed by atoms with E-state index in [2.05, 4.69) is 19.8 Å². The first-order chi connectivity index (χ1) is 12.1. The maximum Gasteiger partial charge on any atom is 0.259 e. The molecule has 0 unspecified atom stereocenters. The van der Waals surface area contributed by atoms with Crippen molar-refractivity contribution in [1.29, 1.82) is 0 Å². The molecule has 8 nitrogen and oxygen atoms in total. The van der Waals surface area contributed by atoms with Crippen molar-refractivity contribution < 1.29 is 17.7 Å². The molecule has 0 atom stereocenters. The lowest BCUT2D eigenvalue weighted by Crippen LogP contribution is -2.26. The fraction of sp³-hybridized carbons (Fsp3) is 0.188. The number of ether oxygens (including phenoxy) is 1. The Bertz CT molecular complexity index is 942. The zero-order valence-corrected chi connectivity index (χ0v) is 14.2. The number of methoxy groups -OCH3 is 1. The number of pyridine rings is 1. The largest absolute Gasteiger partial charge is 0.497 e. The Morgan fingerprint density at radius 3 is 2.88 bits per heavy atom. The van der Waals surface area contributed by atoms with E-state index in [9.17, 15) is 8.42 Å². The molecular weight excluding hydrogens is 344 g/mol. The monoisotopic (exact) mass is 360 g/mol. The molecule has 0 radical (unpaired) electrons. The molecule has 9 heteroatoms. The summed E-state index contributed by atoms with van der Waals surface area (Å²) < 4.78 is 37.3. The van der Waals surface area contributed by atoms with Gasteiger partial charge in [0.1, 0.15) is 5.75 Å². The van der Waals surface area contributed by atoms with E-state index < -0.39 is 10.0 Å². The van der Waals surface area contributed by atoms with Gasteiger partial charge in [-0.2, -0.15) is 4.98 Å². The molecule has 0 spiro atoms. The standard InChI is InChI=1S/C16H16N4O4S/c1-23-13-5-2-6-14(10-13)25(21,22)18-9-7-15-19-16(24-20-15)12-4-3-8-17-11-12/h2-6,8,10-11,18H,7,9H2,1H3. The van der Waals surface area contributed by atoms with E-state index in [4.69, 9.17) is 9.26 Å². The number of nitrogens with one attached hydrogen (secondary N) is 1. The number of benzene rings is 1. The lowest BCUT2D eigenvalue weighted by atomic mass is 10.3. The van der Waals surface area contributed by atoms with Crippen molar-refractivity contribution in [3.05, 3.63) is 54.6 Å². The van der Waals surface area contributed by atoms with Crippen molar-refractivity contribution >= 4 is 10.0 Å². The maximum atomic E-state index is 12.3. The average Bonchev–Trinajstić information content (AvgIpc) is 3.11. The molecule has 130 valence electrons. The van der Waals surface area contributed by atoms with E-state index in [0.29, 0.717) is 29.4 Å². The first-order valence-electron chi connectivity index (χ1n) is 7.45. The van der Waals surface area contributed by atoms with Crippen molar-refractivity contribution in [2.24, 2.45) is 0 Å². The normalized spacial score (nSPS) is 11.4. The molecular formula is C16H16N4O4S. The Balaban J connectivity index is 1.62. The van der Waals surface area contributed by atoms with Crippen molar-refractivity contribution in [1.82, 2.24) is 19.8 Å². The second-order valence-corrected chi connectivity index (χ2v) is 6.85. The number of hydrogen-bond donors (Lipinski definition) is 1. The van der Waals surface area contributed by atoms with Crippen LogP contribution in [0.3, 0.4) is 0 Å². The van der Waals surface area contributed by atoms with Crippen molar-refractivity contribution in [3.63, 3.8) is 0 Å². The summed E-state index contributed by atoms with van der Waals surface area (Å²) >= 11 is 0. The third-order valence-corrected chi connectivity index (χ3v) is 4.83. The van der Waals surface area contributed by atoms with Gasteiger partial charge in [-0.3, -0.25) is 4.98 Å². The summed E-state index contributed by atoms with van der Waals surface area (Å²) in [6.45, 7) is 0.144. The smallest absolute Gasteiger partial charge is 0.259 e. The third kappa shape index (κ3) is 4.20. The van der Waals surface area contributed by atoms with Crippen LogP contribution in [0.25, 0.3) is 11.5 Å². The summed E-state index contributed by atoms with van der Waals surface area (Å²) in [6.07, 6.45) is 3.56. The second kappa shape index (κ2) is 7.41. The highest BCUT2D eigenvalue weighted by molar-refractivity contribution is 7.89. The summed E-state index contributed by atoms with van der Waals surface area (Å²) in [6, 6.07) is 9.82. The molecule has 0 fully saturated rings. The molecule has 0 saturated carbocycles. The van der Waals surface area contributed by atoms with Crippen LogP contribution in [0.15, 0.2) is 58.2 Å². The highest BCUT2D eigenvalue weighted by Crippen LogP contribution is 2.17. The highest BCUT2D eigenvalue weighted by atomic mass is 32.2. The molecule has 2 aromatic heterocycles. The lowest BCUT2D eigenvalue weighted by Gasteiger charge is -2.07. The quantitative estimate of drug-likeness (QED) is 0.683. The molecule has 3 rings (SSSR count). The van der Waals surface area contributed by atoms with E-state index in [-0.39, 0.29) is 11.4 Å². The highest BCUT2D eigenvalue weighted by Gasteiger charge is 2.15. The van der Waals surface area contributed by atoms with Gasteiger partial charge in [0.15, 0.2) is 5.82 Å². The molecule has 25 heavy (non-hydrogen) atoms. The summed E-state index contributed by atoms with van der Waals surface area (Å²) in [4.78, 5) is 8.35. The van der Waals surface area contributed by atoms with Gasteiger partial charge in [-0.05, 0) is 24.3 Å². The van der Waals surface area contributed by atoms with Gasteiger partial charge in [-0.25, -0.2) is 13.1 Å². The molecule has 0 aliphatic heterocycles. The predicted octanol–water partition coefficient (Wildman–Crippen LogP) is 1.66. The number of nitrogens with zero attached hydrogens (tertiary/aromatic N) is 3. The third-order valence-electron chi connectivity index (χ3n) is 3.37. The van der Waals surface area contributed by atoms with Crippen LogP contribution in [-0.2, 0) is 16.4 Å². The Morgan fingerprint density at radius 1 is 1.24 bits per heavy atom. The van der Waals surface area contributed by atoms with Crippen LogP contribution in [0.4, 0.5) is 0 Å². The molecule has 3 aromatic rings. The molecule has 1 N–H and O–H groups in total. The molecule has 0 bridgehead atoms. The molecule has 0 saturated heterocycles. The average molecular weight is 360 g/mol. The van der Waals surface area contributed by atoms with E-state index >= 15 is 0 Å². The fourth-order valence-corrected chi connectivity index (χ4v) is 3.18. The zero-order chi connectivity index (χ0) is 17.7. The summed E-state index contributed by atoms with van der Waals surface area (Å²) in [5, 5.41) is 3.84. The first kappa shape index (κ1) is 17.1. The lowest BCUT2D eigenvalue weighted by molar-refractivity contribution is 0.413. The topological polar surface area (TPSA) is 107 Å². The van der Waals surface area contributed by atoms with E-state index in [0.717, 1.165) is 0 Å². The number of hydrogen-bond acceptors (Lipinski definition) is 7. The van der Waals surface area contributed by atoms with Crippen LogP contribution in [0.1, 0.15) is 5.82 Å². The first-order valence-corrected chi connectivity index (χ1v) is 8.93. The van der Waals surface area contributed by atoms with Gasteiger partial charge < -0.3 is 9.26 Å². The van der Waals surface area contributed by atoms with Crippen molar-refractivity contribution in [2.75, 3.05) is 13.7 Å². The Morgan fingerprint density at radius 2 is 2.12 bits per heavy atom. The summed E-state index contributed by atoms with van der Waals surface area (Å²) in [5.74, 6) is 1.23. The van der Waals surface area contributed by atoms with E-state index in [1.54, 1.807) is 36.7 Å². The number of rotatable bonds is 7. The van der Waals surface area contributed by atoms with E-state index in [1.807, 2.05) is 0 Å². The Kier molecular flexibility index (Phi) is 5.05. The van der Waals surface area contributed by atoms with Crippen LogP contribution in [0, 0.1) is 0 Å². The minimum atomic E-state index is -3.63. The van der Waals surface area contributed by atoms with Gasteiger partial charge >= 0.3 is 0 Å². The van der Waals surface area contributed by atoms with Gasteiger partial charge in [-0.15, -0.1) is 0 Å². The van der Waals surface area contributed by atoms with Gasteiger partial charge in [-0.1, -0.05) is 11.2 Å². The maximum absolute atomic E-state index is 12.3. The minimum absolute atomic E-state index is 0.135. The molecule has 0 aliphatic carbocycles. The van der Waals surface area contributed by atoms with Gasteiger partial charge in [0.2, 0.25) is 10.0 Å². The van der Waals surface area contributed by atoms with Crippen LogP contribution in [0.5, 0.6) is 5.75 Å². The Labute approximate surface area is 144 Å². The SMILES string of the molecule is COc1cccc(S(=O)(=O)NCCc2noc(-c3cccnc3)n2)c1. The minimum Gasteiger partial charge on any atom is -0.497 e. The molecule has 1 aromatic carbocycles. The summed E-state index contributed by atoms with van der Waals surface area (Å²) in [5.41, 5.74) is 0.707. The molecule has 2 heterocycles. The van der Waals surface area contributed by atoms with Crippen LogP contribution >= 0.6 is 0 Å². The van der Waals surface area contributed by atoms with E-state index in [1.165, 1.54) is 19.2 Å². The second-order valence-electron chi connectivity index (χ2n) is 5.08. The van der Waals surface area contributed by atoms with Crippen molar-refractivity contribution in [3.8, 4) is 17.2 Å². The molecule has 0 amide bonds. The van der Waals surface area contributed by atoms with Crippen LogP contribution in [0.2, 0.25) is 0 Å². The number of sulfonamides is 1. The summed E-state index contributed by atoms with van der Waals surface area (Å²) in [7, 11) is -2.15. The van der Waals surface area contributed by atoms with Crippen molar-refractivity contribution in [2.45, 2.75) is 11.3 Å². The fourth-order valence-electron chi connectivity index (χ4n) is 2.11. The van der Waals surface area contributed by atoms with Gasteiger partial charge in [0, 0.05) is 31.4 Å². The molecule has 0 aliphatic rings. The van der Waals surface area contributed by atoms with Gasteiger partial charge in [0.05, 0.1) is 17.6 Å². The van der Waals surface area contributed by atoms with Gasteiger partial charge in [0.25, 0.3) is 5.89 Å². The zero-order valence-electron chi connectivity index (χ0n) is 13.4. The van der Waals surface area contributed by atoms with Crippen LogP contribution < -0.4 is 9.46 Å².